The van der Waals surface area contributed by atoms with Crippen molar-refractivity contribution in [1.82, 2.24) is 5.43 Å². The molecule has 1 atom stereocenters. The zero-order valence-electron chi connectivity index (χ0n) is 7.49. The van der Waals surface area contributed by atoms with Crippen LogP contribution in [-0.4, -0.2) is 10.8 Å². The monoisotopic (exact) mass is 176 g/mol. The minimum absolute atomic E-state index is 0.140. The molecule has 2 rings (SSSR count). The molecule has 13 heavy (non-hydrogen) atoms. The maximum absolute atomic E-state index is 9.57. The first-order valence-corrected chi connectivity index (χ1v) is 4.34. The number of nitrogens with one attached hydrogen (secondary N) is 1. The molecule has 1 aliphatic heterocycles. The lowest BCUT2D eigenvalue weighted by molar-refractivity contribution is 0.455. The van der Waals surface area contributed by atoms with Crippen LogP contribution in [-0.2, 0) is 0 Å². The van der Waals surface area contributed by atoms with Crippen molar-refractivity contribution in [3.63, 3.8) is 0 Å². The second-order valence-corrected chi connectivity index (χ2v) is 3.29. The first kappa shape index (κ1) is 8.10. The van der Waals surface area contributed by atoms with Gasteiger partial charge in [0.1, 0.15) is 5.75 Å². The van der Waals surface area contributed by atoms with Gasteiger partial charge in [-0.3, -0.25) is 0 Å². The minimum atomic E-state index is 0.140. The Bertz CT molecular complexity index is 347. The van der Waals surface area contributed by atoms with E-state index in [4.69, 9.17) is 0 Å². The average Bonchev–Trinajstić information content (AvgIpc) is 2.53. The van der Waals surface area contributed by atoms with Crippen molar-refractivity contribution >= 4 is 5.71 Å². The highest BCUT2D eigenvalue weighted by molar-refractivity contribution is 5.83. The Morgan fingerprint density at radius 1 is 1.46 bits per heavy atom. The van der Waals surface area contributed by atoms with Gasteiger partial charge < -0.3 is 10.5 Å². The van der Waals surface area contributed by atoms with Gasteiger partial charge in [-0.1, -0.05) is 18.2 Å². The predicted octanol–water partition coefficient (Wildman–Crippen LogP) is 1.80. The van der Waals surface area contributed by atoms with E-state index in [0.29, 0.717) is 5.75 Å². The van der Waals surface area contributed by atoms with E-state index in [1.165, 1.54) is 0 Å². The van der Waals surface area contributed by atoms with Gasteiger partial charge in [-0.05, 0) is 13.0 Å². The fourth-order valence-electron chi connectivity index (χ4n) is 1.54. The van der Waals surface area contributed by atoms with Crippen molar-refractivity contribution in [2.75, 3.05) is 0 Å². The molecule has 68 valence electrons. The number of hydrogen-bond donors (Lipinski definition) is 2. The number of aromatic hydroxyl groups is 1. The van der Waals surface area contributed by atoms with Crippen LogP contribution in [0.3, 0.4) is 0 Å². The molecule has 1 aromatic carbocycles. The molecule has 2 N–H and O–H groups in total. The minimum Gasteiger partial charge on any atom is -0.508 e. The molecule has 1 heterocycles. The Hall–Kier alpha value is -1.51. The Kier molecular flexibility index (Phi) is 1.93. The smallest absolute Gasteiger partial charge is 0.120 e. The summed E-state index contributed by atoms with van der Waals surface area (Å²) in [5.74, 6) is 0.338. The largest absolute Gasteiger partial charge is 0.508 e. The van der Waals surface area contributed by atoms with Crippen LogP contribution >= 0.6 is 0 Å². The van der Waals surface area contributed by atoms with E-state index in [0.717, 1.165) is 17.7 Å². The summed E-state index contributed by atoms with van der Waals surface area (Å²) in [4.78, 5) is 0. The molecule has 0 fully saturated rings. The van der Waals surface area contributed by atoms with E-state index in [2.05, 4.69) is 10.5 Å². The molecule has 1 aromatic rings. The van der Waals surface area contributed by atoms with Crippen molar-refractivity contribution in [3.05, 3.63) is 29.8 Å². The van der Waals surface area contributed by atoms with Gasteiger partial charge in [0.15, 0.2) is 0 Å². The zero-order chi connectivity index (χ0) is 9.26. The Labute approximate surface area is 77.1 Å². The van der Waals surface area contributed by atoms with E-state index in [1.807, 2.05) is 25.1 Å². The van der Waals surface area contributed by atoms with Crippen LogP contribution in [0.25, 0.3) is 0 Å². The van der Waals surface area contributed by atoms with Crippen LogP contribution in [0, 0.1) is 0 Å². The first-order chi connectivity index (χ1) is 6.27. The first-order valence-electron chi connectivity index (χ1n) is 4.34. The molecular formula is C10H12N2O. The van der Waals surface area contributed by atoms with Gasteiger partial charge in [-0.2, -0.15) is 5.10 Å². The number of phenolic OH excluding ortho intramolecular Hbond substituents is 1. The van der Waals surface area contributed by atoms with Crippen molar-refractivity contribution in [2.45, 2.75) is 19.4 Å². The maximum Gasteiger partial charge on any atom is 0.120 e. The zero-order valence-corrected chi connectivity index (χ0v) is 7.49. The Balaban J connectivity index is 2.23. The molecule has 1 unspecified atom stereocenters. The van der Waals surface area contributed by atoms with E-state index in [1.54, 1.807) is 6.07 Å². The SMILES string of the molecule is CC1=NNC(c2ccccc2O)C1. The molecule has 0 aliphatic carbocycles. The van der Waals surface area contributed by atoms with Crippen molar-refractivity contribution in [3.8, 4) is 5.75 Å². The summed E-state index contributed by atoms with van der Waals surface area (Å²) in [6, 6.07) is 7.50. The highest BCUT2D eigenvalue weighted by atomic mass is 16.3. The van der Waals surface area contributed by atoms with Gasteiger partial charge in [0.05, 0.1) is 6.04 Å². The summed E-state index contributed by atoms with van der Waals surface area (Å²) in [6.45, 7) is 1.98. The fourth-order valence-corrected chi connectivity index (χ4v) is 1.54. The van der Waals surface area contributed by atoms with Gasteiger partial charge in [0.25, 0.3) is 0 Å². The number of para-hydroxylation sites is 1. The maximum atomic E-state index is 9.57. The molecule has 0 saturated heterocycles. The second kappa shape index (κ2) is 3.09. The standard InChI is InChI=1S/C10H12N2O/c1-7-6-9(12-11-7)8-4-2-3-5-10(8)13/h2-5,9,12-13H,6H2,1H3. The van der Waals surface area contributed by atoms with Crippen molar-refractivity contribution in [1.29, 1.82) is 0 Å². The van der Waals surface area contributed by atoms with Crippen LogP contribution in [0.4, 0.5) is 0 Å². The van der Waals surface area contributed by atoms with Crippen LogP contribution in [0.5, 0.6) is 5.75 Å². The predicted molar refractivity (Wildman–Crippen MR) is 51.7 cm³/mol. The van der Waals surface area contributed by atoms with Gasteiger partial charge in [-0.15, -0.1) is 0 Å². The van der Waals surface area contributed by atoms with Gasteiger partial charge >= 0.3 is 0 Å². The van der Waals surface area contributed by atoms with E-state index in [-0.39, 0.29) is 6.04 Å². The Morgan fingerprint density at radius 2 is 2.23 bits per heavy atom. The fraction of sp³-hybridized carbons (Fsp3) is 0.300. The quantitative estimate of drug-likeness (QED) is 0.685. The molecule has 0 amide bonds. The van der Waals surface area contributed by atoms with Crippen LogP contribution in [0.1, 0.15) is 24.9 Å². The van der Waals surface area contributed by atoms with Crippen LogP contribution < -0.4 is 5.43 Å². The van der Waals surface area contributed by atoms with Gasteiger partial charge in [0, 0.05) is 17.7 Å². The number of rotatable bonds is 1. The molecule has 0 saturated carbocycles. The van der Waals surface area contributed by atoms with Crippen molar-refractivity contribution in [2.24, 2.45) is 5.10 Å². The summed E-state index contributed by atoms with van der Waals surface area (Å²) in [5.41, 5.74) is 4.99. The summed E-state index contributed by atoms with van der Waals surface area (Å²) >= 11 is 0. The lowest BCUT2D eigenvalue weighted by Crippen LogP contribution is -2.09. The molecule has 3 nitrogen and oxygen atoms in total. The lowest BCUT2D eigenvalue weighted by Gasteiger charge is -2.11. The molecule has 0 radical (unpaired) electrons. The molecule has 0 bridgehead atoms. The molecule has 3 heteroatoms. The number of hydrazone groups is 1. The average molecular weight is 176 g/mol. The summed E-state index contributed by atoms with van der Waals surface area (Å²) in [7, 11) is 0. The number of nitrogens with zero attached hydrogens (tertiary/aromatic N) is 1. The lowest BCUT2D eigenvalue weighted by atomic mass is 10.0. The molecule has 1 aliphatic rings. The van der Waals surface area contributed by atoms with Crippen LogP contribution in [0.15, 0.2) is 29.4 Å². The third-order valence-corrected chi connectivity index (χ3v) is 2.22. The summed E-state index contributed by atoms with van der Waals surface area (Å²) < 4.78 is 0. The highest BCUT2D eigenvalue weighted by Crippen LogP contribution is 2.28. The third-order valence-electron chi connectivity index (χ3n) is 2.22. The Morgan fingerprint density at radius 3 is 2.85 bits per heavy atom. The van der Waals surface area contributed by atoms with Crippen molar-refractivity contribution < 1.29 is 5.11 Å². The van der Waals surface area contributed by atoms with E-state index < -0.39 is 0 Å². The second-order valence-electron chi connectivity index (χ2n) is 3.29. The summed E-state index contributed by atoms with van der Waals surface area (Å²) in [6.07, 6.45) is 0.873. The van der Waals surface area contributed by atoms with E-state index >= 15 is 0 Å². The van der Waals surface area contributed by atoms with Gasteiger partial charge in [-0.25, -0.2) is 0 Å². The molecular weight excluding hydrogens is 164 g/mol. The topological polar surface area (TPSA) is 44.6 Å². The van der Waals surface area contributed by atoms with Crippen LogP contribution in [0.2, 0.25) is 0 Å². The highest BCUT2D eigenvalue weighted by Gasteiger charge is 2.19. The van der Waals surface area contributed by atoms with Gasteiger partial charge in [0.2, 0.25) is 0 Å². The normalized spacial score (nSPS) is 21.0. The third kappa shape index (κ3) is 1.49. The number of phenols is 1. The summed E-state index contributed by atoms with van der Waals surface area (Å²) in [5, 5.41) is 13.7. The van der Waals surface area contributed by atoms with E-state index in [9.17, 15) is 5.11 Å². The number of hydrogen-bond acceptors (Lipinski definition) is 3. The molecule has 0 aromatic heterocycles. The number of benzene rings is 1. The molecule has 0 spiro atoms.